The van der Waals surface area contributed by atoms with Crippen molar-refractivity contribution in [3.8, 4) is 0 Å². The highest BCUT2D eigenvalue weighted by Gasteiger charge is 2.27. The maximum Gasteiger partial charge on any atom is 0.335 e. The number of nitro groups is 1. The Morgan fingerprint density at radius 2 is 2.07 bits per heavy atom. The molecule has 0 fully saturated rings. The molecule has 1 aromatic carbocycles. The summed E-state index contributed by atoms with van der Waals surface area (Å²) in [4.78, 5) is 45.1. The third-order valence-electron chi connectivity index (χ3n) is 3.95. The molecule has 1 amide bonds. The smallest absolute Gasteiger partial charge is 0.335 e. The zero-order valence-electron chi connectivity index (χ0n) is 15.2. The number of carbonyl (C=O) groups excluding carboxylic acids is 2. The maximum atomic E-state index is 12.9. The molecule has 1 heterocycles. The van der Waals surface area contributed by atoms with E-state index in [-0.39, 0.29) is 22.8 Å². The van der Waals surface area contributed by atoms with Gasteiger partial charge in [0, 0.05) is 19.3 Å². The number of anilines is 2. The lowest BCUT2D eigenvalue weighted by Crippen LogP contribution is -2.36. The quantitative estimate of drug-likeness (QED) is 0.611. The van der Waals surface area contributed by atoms with Gasteiger partial charge in [0.05, 0.1) is 16.4 Å². The summed E-state index contributed by atoms with van der Waals surface area (Å²) in [7, 11) is 1.54. The van der Waals surface area contributed by atoms with Crippen LogP contribution < -0.4 is 10.4 Å². The van der Waals surface area contributed by atoms with Crippen molar-refractivity contribution in [3.05, 3.63) is 58.3 Å². The predicted octanol–water partition coefficient (Wildman–Crippen LogP) is 3.18. The fraction of sp³-hybridized carbons (Fsp3) is 0.278. The van der Waals surface area contributed by atoms with E-state index in [1.807, 2.05) is 6.92 Å². The molecule has 1 aromatic heterocycles. The first-order valence-electron chi connectivity index (χ1n) is 8.32. The third kappa shape index (κ3) is 4.57. The molecule has 27 heavy (non-hydrogen) atoms. The predicted molar refractivity (Wildman–Crippen MR) is 99.2 cm³/mol. The van der Waals surface area contributed by atoms with Crippen LogP contribution in [0.3, 0.4) is 0 Å². The first-order valence-corrected chi connectivity index (χ1v) is 8.32. The van der Waals surface area contributed by atoms with E-state index in [0.717, 1.165) is 11.1 Å². The number of nitrogens with zero attached hydrogens (tertiary/aromatic N) is 3. The number of nitro benzene ring substituents is 1. The van der Waals surface area contributed by atoms with E-state index in [1.54, 1.807) is 19.1 Å². The minimum absolute atomic E-state index is 0.0108. The van der Waals surface area contributed by atoms with Crippen LogP contribution in [0.25, 0.3) is 0 Å². The Hall–Kier alpha value is -3.49. The van der Waals surface area contributed by atoms with Crippen molar-refractivity contribution in [3.63, 3.8) is 0 Å². The molecule has 9 heteroatoms. The third-order valence-corrected chi connectivity index (χ3v) is 3.95. The summed E-state index contributed by atoms with van der Waals surface area (Å²) in [5.74, 6) is -1.67. The lowest BCUT2D eigenvalue weighted by Gasteiger charge is -2.21. The summed E-state index contributed by atoms with van der Waals surface area (Å²) in [5, 5.41) is 14.7. The van der Waals surface area contributed by atoms with Gasteiger partial charge in [0.1, 0.15) is 5.69 Å². The number of hydrogen-bond acceptors (Lipinski definition) is 7. The second-order valence-electron chi connectivity index (χ2n) is 5.75. The maximum absolute atomic E-state index is 12.9. The van der Waals surface area contributed by atoms with Crippen LogP contribution >= 0.6 is 0 Å². The molecule has 0 saturated heterocycles. The molecule has 0 saturated carbocycles. The van der Waals surface area contributed by atoms with E-state index in [1.165, 1.54) is 31.4 Å². The Kier molecular flexibility index (Phi) is 6.42. The number of carbonyl (C=O) groups is 2. The number of benzene rings is 1. The fourth-order valence-corrected chi connectivity index (χ4v) is 2.16. The van der Waals surface area contributed by atoms with Crippen LogP contribution in [0, 0.1) is 16.0 Å². The van der Waals surface area contributed by atoms with Crippen LogP contribution in [0.2, 0.25) is 0 Å². The van der Waals surface area contributed by atoms with Gasteiger partial charge in [-0.3, -0.25) is 14.9 Å². The molecule has 1 atom stereocenters. The number of rotatable bonds is 6. The summed E-state index contributed by atoms with van der Waals surface area (Å²) < 4.78 is 0. The fourth-order valence-electron chi connectivity index (χ4n) is 2.16. The van der Waals surface area contributed by atoms with E-state index in [0.29, 0.717) is 6.42 Å². The molecule has 9 nitrogen and oxygen atoms in total. The van der Waals surface area contributed by atoms with Crippen molar-refractivity contribution < 1.29 is 19.3 Å². The van der Waals surface area contributed by atoms with Crippen molar-refractivity contribution in [2.24, 2.45) is 5.92 Å². The van der Waals surface area contributed by atoms with Gasteiger partial charge in [0.15, 0.2) is 5.82 Å². The van der Waals surface area contributed by atoms with Crippen molar-refractivity contribution in [2.45, 2.75) is 20.3 Å². The number of aromatic nitrogens is 1. The standard InChI is InChI=1S/C18H20N4O5/c1-4-12(2)18(24)27-21(16-7-5-6-10-20-16)17(23)13-8-9-14(19-3)15(11-13)22(25)26/h5-12,19H,4H2,1-3H3. The molecule has 142 valence electrons. The van der Waals surface area contributed by atoms with Crippen LogP contribution in [0.15, 0.2) is 42.6 Å². The molecule has 2 rings (SSSR count). The van der Waals surface area contributed by atoms with Gasteiger partial charge < -0.3 is 10.2 Å². The zero-order chi connectivity index (χ0) is 20.0. The summed E-state index contributed by atoms with van der Waals surface area (Å²) in [6, 6.07) is 8.73. The Morgan fingerprint density at radius 1 is 1.33 bits per heavy atom. The molecule has 1 N–H and O–H groups in total. The van der Waals surface area contributed by atoms with Crippen molar-refractivity contribution in [1.82, 2.24) is 4.98 Å². The number of amides is 1. The summed E-state index contributed by atoms with van der Waals surface area (Å²) >= 11 is 0. The number of hydrogen-bond donors (Lipinski definition) is 1. The molecule has 0 spiro atoms. The summed E-state index contributed by atoms with van der Waals surface area (Å²) in [6.45, 7) is 3.49. The van der Waals surface area contributed by atoms with Gasteiger partial charge in [-0.1, -0.05) is 19.9 Å². The van der Waals surface area contributed by atoms with E-state index in [2.05, 4.69) is 10.3 Å². The van der Waals surface area contributed by atoms with Gasteiger partial charge in [-0.15, -0.1) is 5.06 Å². The van der Waals surface area contributed by atoms with Crippen molar-refractivity contribution in [1.29, 1.82) is 0 Å². The van der Waals surface area contributed by atoms with Crippen LogP contribution in [-0.4, -0.2) is 28.8 Å². The highest BCUT2D eigenvalue weighted by atomic mass is 16.7. The molecule has 1 unspecified atom stereocenters. The van der Waals surface area contributed by atoms with Crippen LogP contribution in [0.1, 0.15) is 30.6 Å². The van der Waals surface area contributed by atoms with Crippen molar-refractivity contribution >= 4 is 29.1 Å². The average molecular weight is 372 g/mol. The number of nitrogens with one attached hydrogen (secondary N) is 1. The molecular formula is C18H20N4O5. The Morgan fingerprint density at radius 3 is 2.63 bits per heavy atom. The molecule has 0 aliphatic heterocycles. The molecule has 0 radical (unpaired) electrons. The van der Waals surface area contributed by atoms with Gasteiger partial charge >= 0.3 is 5.97 Å². The normalized spacial score (nSPS) is 11.4. The van der Waals surface area contributed by atoms with Gasteiger partial charge in [-0.2, -0.15) is 0 Å². The second kappa shape index (κ2) is 8.75. The Bertz CT molecular complexity index is 841. The highest BCUT2D eigenvalue weighted by molar-refractivity contribution is 6.06. The van der Waals surface area contributed by atoms with Crippen LogP contribution in [0.4, 0.5) is 17.2 Å². The molecule has 2 aromatic rings. The molecule has 0 aliphatic carbocycles. The number of pyridine rings is 1. The van der Waals surface area contributed by atoms with Crippen molar-refractivity contribution in [2.75, 3.05) is 17.4 Å². The lowest BCUT2D eigenvalue weighted by atomic mass is 10.1. The van der Waals surface area contributed by atoms with E-state index < -0.39 is 22.7 Å². The van der Waals surface area contributed by atoms with Gasteiger partial charge in [0.25, 0.3) is 11.6 Å². The van der Waals surface area contributed by atoms with Gasteiger partial charge in [-0.25, -0.2) is 9.78 Å². The van der Waals surface area contributed by atoms with E-state index in [9.17, 15) is 19.7 Å². The molecule has 0 bridgehead atoms. The second-order valence-corrected chi connectivity index (χ2v) is 5.75. The van der Waals surface area contributed by atoms with E-state index >= 15 is 0 Å². The van der Waals surface area contributed by atoms with Gasteiger partial charge in [-0.05, 0) is 30.7 Å². The lowest BCUT2D eigenvalue weighted by molar-refractivity contribution is -0.384. The zero-order valence-corrected chi connectivity index (χ0v) is 15.2. The Balaban J connectivity index is 2.43. The number of hydroxylamine groups is 1. The highest BCUT2D eigenvalue weighted by Crippen LogP contribution is 2.26. The first kappa shape index (κ1) is 19.8. The first-order chi connectivity index (χ1) is 12.9. The van der Waals surface area contributed by atoms with E-state index in [4.69, 9.17) is 4.84 Å². The molecular weight excluding hydrogens is 352 g/mol. The molecule has 0 aliphatic rings. The van der Waals surface area contributed by atoms with Crippen LogP contribution in [0.5, 0.6) is 0 Å². The van der Waals surface area contributed by atoms with Gasteiger partial charge in [0.2, 0.25) is 0 Å². The largest absolute Gasteiger partial charge is 0.383 e. The minimum atomic E-state index is -0.740. The Labute approximate surface area is 156 Å². The average Bonchev–Trinajstić information content (AvgIpc) is 2.70. The summed E-state index contributed by atoms with van der Waals surface area (Å²) in [5.41, 5.74) is -0.0154. The monoisotopic (exact) mass is 372 g/mol. The summed E-state index contributed by atoms with van der Waals surface area (Å²) in [6.07, 6.45) is 1.98. The topological polar surface area (TPSA) is 115 Å². The minimum Gasteiger partial charge on any atom is -0.383 e. The van der Waals surface area contributed by atoms with Crippen LogP contribution in [-0.2, 0) is 9.63 Å². The SMILES string of the molecule is CCC(C)C(=O)ON(C(=O)c1ccc(NC)c([N+](=O)[O-])c1)c1ccccn1.